The first-order chi connectivity index (χ1) is 12.5. The number of halogens is 1. The van der Waals surface area contributed by atoms with E-state index in [0.717, 1.165) is 28.2 Å². The summed E-state index contributed by atoms with van der Waals surface area (Å²) in [6.45, 7) is 4.52. The Morgan fingerprint density at radius 2 is 2.04 bits per heavy atom. The van der Waals surface area contributed by atoms with Gasteiger partial charge in [-0.25, -0.2) is 4.99 Å². The van der Waals surface area contributed by atoms with Gasteiger partial charge in [-0.3, -0.25) is 0 Å². The first kappa shape index (κ1) is 18.7. The zero-order valence-corrected chi connectivity index (χ0v) is 16.4. The van der Waals surface area contributed by atoms with E-state index in [4.69, 9.17) is 16.6 Å². The highest BCUT2D eigenvalue weighted by Crippen LogP contribution is 2.22. The third kappa shape index (κ3) is 4.55. The molecule has 1 heterocycles. The minimum atomic E-state index is 0.0533. The molecule has 2 aromatic rings. The normalized spacial score (nSPS) is 16.7. The molecular weight excluding hydrogens is 348 g/mol. The van der Waals surface area contributed by atoms with Crippen LogP contribution in [-0.2, 0) is 13.6 Å². The van der Waals surface area contributed by atoms with E-state index in [1.165, 1.54) is 25.7 Å². The second kappa shape index (κ2) is 8.54. The predicted octanol–water partition coefficient (Wildman–Crippen LogP) is 3.52. The van der Waals surface area contributed by atoms with Gasteiger partial charge in [-0.1, -0.05) is 42.6 Å². The molecule has 0 amide bonds. The van der Waals surface area contributed by atoms with Crippen molar-refractivity contribution in [1.29, 1.82) is 0 Å². The Balaban J connectivity index is 1.74. The van der Waals surface area contributed by atoms with Crippen molar-refractivity contribution in [2.24, 2.45) is 12.0 Å². The van der Waals surface area contributed by atoms with Crippen molar-refractivity contribution in [3.05, 3.63) is 46.5 Å². The van der Waals surface area contributed by atoms with Crippen molar-refractivity contribution in [3.63, 3.8) is 0 Å². The van der Waals surface area contributed by atoms with Crippen molar-refractivity contribution >= 4 is 17.6 Å². The Labute approximate surface area is 160 Å². The van der Waals surface area contributed by atoms with Gasteiger partial charge in [0.1, 0.15) is 12.4 Å². The van der Waals surface area contributed by atoms with Crippen LogP contribution in [0.25, 0.3) is 0 Å². The molecule has 0 aliphatic heterocycles. The topological polar surface area (TPSA) is 67.1 Å². The van der Waals surface area contributed by atoms with Crippen LogP contribution in [0.2, 0.25) is 5.02 Å². The molecule has 1 aliphatic carbocycles. The number of hydrogen-bond donors (Lipinski definition) is 2. The monoisotopic (exact) mass is 374 g/mol. The van der Waals surface area contributed by atoms with Gasteiger partial charge >= 0.3 is 0 Å². The van der Waals surface area contributed by atoms with Crippen LogP contribution in [0.3, 0.4) is 0 Å². The molecule has 6 nitrogen and oxygen atoms in total. The van der Waals surface area contributed by atoms with Gasteiger partial charge in [0.15, 0.2) is 11.8 Å². The number of aryl methyl sites for hydroxylation is 1. The maximum Gasteiger partial charge on any atom is 0.192 e. The van der Waals surface area contributed by atoms with Gasteiger partial charge in [-0.2, -0.15) is 0 Å². The standard InChI is InChI=1S/C19H27ClN6/c1-13(16-10-6-7-11-17(16)20)22-19(23-15-8-4-5-9-15)21-12-18-25-24-14(2)26(18)3/h6-7,10-11,13,15H,4-5,8-9,12H2,1-3H3,(H2,21,22,23). The Morgan fingerprint density at radius 1 is 1.31 bits per heavy atom. The van der Waals surface area contributed by atoms with Gasteiger partial charge in [-0.15, -0.1) is 10.2 Å². The lowest BCUT2D eigenvalue weighted by molar-refractivity contribution is 0.592. The van der Waals surface area contributed by atoms with Crippen LogP contribution >= 0.6 is 11.6 Å². The SMILES string of the molecule is Cc1nnc(CN=C(NC2CCCC2)NC(C)c2ccccc2Cl)n1C. The number of aliphatic imine (C=N–C) groups is 1. The minimum Gasteiger partial charge on any atom is -0.354 e. The van der Waals surface area contributed by atoms with E-state index in [2.05, 4.69) is 27.8 Å². The highest BCUT2D eigenvalue weighted by molar-refractivity contribution is 6.31. The average molecular weight is 375 g/mol. The number of nitrogens with one attached hydrogen (secondary N) is 2. The highest BCUT2D eigenvalue weighted by atomic mass is 35.5. The van der Waals surface area contributed by atoms with Crippen LogP contribution in [0.4, 0.5) is 0 Å². The number of hydrogen-bond acceptors (Lipinski definition) is 3. The fraction of sp³-hybridized carbons (Fsp3) is 0.526. The van der Waals surface area contributed by atoms with Crippen LogP contribution in [0.15, 0.2) is 29.3 Å². The molecule has 2 N–H and O–H groups in total. The molecule has 1 aliphatic rings. The molecule has 140 valence electrons. The van der Waals surface area contributed by atoms with Crippen LogP contribution in [-0.4, -0.2) is 26.8 Å². The lowest BCUT2D eigenvalue weighted by Crippen LogP contribution is -2.43. The summed E-state index contributed by atoms with van der Waals surface area (Å²) in [4.78, 5) is 4.75. The van der Waals surface area contributed by atoms with Crippen molar-refractivity contribution in [1.82, 2.24) is 25.4 Å². The highest BCUT2D eigenvalue weighted by Gasteiger charge is 2.18. The Morgan fingerprint density at radius 3 is 2.69 bits per heavy atom. The van der Waals surface area contributed by atoms with Crippen LogP contribution in [0.1, 0.15) is 55.9 Å². The fourth-order valence-corrected chi connectivity index (χ4v) is 3.54. The number of benzene rings is 1. The Bertz CT molecular complexity index is 763. The summed E-state index contributed by atoms with van der Waals surface area (Å²) in [6, 6.07) is 8.43. The van der Waals surface area contributed by atoms with E-state index >= 15 is 0 Å². The second-order valence-electron chi connectivity index (χ2n) is 6.90. The number of nitrogens with zero attached hydrogens (tertiary/aromatic N) is 4. The van der Waals surface area contributed by atoms with Gasteiger partial charge in [0.25, 0.3) is 0 Å². The largest absolute Gasteiger partial charge is 0.354 e. The molecule has 7 heteroatoms. The van der Waals surface area contributed by atoms with Crippen LogP contribution in [0, 0.1) is 6.92 Å². The molecular formula is C19H27ClN6. The average Bonchev–Trinajstić information content (AvgIpc) is 3.24. The van der Waals surface area contributed by atoms with E-state index in [0.29, 0.717) is 12.6 Å². The summed E-state index contributed by atoms with van der Waals surface area (Å²) < 4.78 is 1.97. The number of guanidine groups is 1. The summed E-state index contributed by atoms with van der Waals surface area (Å²) in [7, 11) is 1.96. The fourth-order valence-electron chi connectivity index (χ4n) is 3.24. The van der Waals surface area contributed by atoms with E-state index in [1.807, 2.05) is 42.8 Å². The molecule has 1 unspecified atom stereocenters. The quantitative estimate of drug-likeness (QED) is 0.620. The summed E-state index contributed by atoms with van der Waals surface area (Å²) in [5.74, 6) is 2.53. The van der Waals surface area contributed by atoms with E-state index in [9.17, 15) is 0 Å². The predicted molar refractivity (Wildman–Crippen MR) is 105 cm³/mol. The van der Waals surface area contributed by atoms with Crippen molar-refractivity contribution in [2.45, 2.75) is 58.2 Å². The third-order valence-electron chi connectivity index (χ3n) is 4.98. The molecule has 0 radical (unpaired) electrons. The van der Waals surface area contributed by atoms with Crippen molar-refractivity contribution in [2.75, 3.05) is 0 Å². The molecule has 26 heavy (non-hydrogen) atoms. The van der Waals surface area contributed by atoms with Gasteiger partial charge < -0.3 is 15.2 Å². The second-order valence-corrected chi connectivity index (χ2v) is 7.31. The number of aromatic nitrogens is 3. The summed E-state index contributed by atoms with van der Waals surface area (Å²) in [5, 5.41) is 16.1. The molecule has 1 fully saturated rings. The molecule has 1 aromatic carbocycles. The van der Waals surface area contributed by atoms with E-state index < -0.39 is 0 Å². The molecule has 0 saturated heterocycles. The Kier molecular flexibility index (Phi) is 6.14. The van der Waals surface area contributed by atoms with Crippen molar-refractivity contribution < 1.29 is 0 Å². The molecule has 1 saturated carbocycles. The zero-order valence-electron chi connectivity index (χ0n) is 15.7. The zero-order chi connectivity index (χ0) is 18.5. The first-order valence-corrected chi connectivity index (χ1v) is 9.59. The molecule has 3 rings (SSSR count). The molecule has 1 aromatic heterocycles. The van der Waals surface area contributed by atoms with Crippen LogP contribution in [0.5, 0.6) is 0 Å². The third-order valence-corrected chi connectivity index (χ3v) is 5.33. The van der Waals surface area contributed by atoms with Gasteiger partial charge in [-0.05, 0) is 38.3 Å². The summed E-state index contributed by atoms with van der Waals surface area (Å²) >= 11 is 6.35. The first-order valence-electron chi connectivity index (χ1n) is 9.21. The lowest BCUT2D eigenvalue weighted by atomic mass is 10.1. The maximum absolute atomic E-state index is 6.35. The number of rotatable bonds is 5. The van der Waals surface area contributed by atoms with E-state index in [1.54, 1.807) is 0 Å². The van der Waals surface area contributed by atoms with Gasteiger partial charge in [0.2, 0.25) is 0 Å². The maximum atomic E-state index is 6.35. The molecule has 0 spiro atoms. The van der Waals surface area contributed by atoms with E-state index in [-0.39, 0.29) is 6.04 Å². The molecule has 1 atom stereocenters. The van der Waals surface area contributed by atoms with Crippen LogP contribution < -0.4 is 10.6 Å². The smallest absolute Gasteiger partial charge is 0.192 e. The summed E-state index contributed by atoms with van der Waals surface area (Å²) in [6.07, 6.45) is 4.91. The summed E-state index contributed by atoms with van der Waals surface area (Å²) in [5.41, 5.74) is 1.06. The molecule has 0 bridgehead atoms. The Hall–Kier alpha value is -2.08. The van der Waals surface area contributed by atoms with Gasteiger partial charge in [0, 0.05) is 18.1 Å². The van der Waals surface area contributed by atoms with Gasteiger partial charge in [0.05, 0.1) is 6.04 Å². The minimum absolute atomic E-state index is 0.0533. The lowest BCUT2D eigenvalue weighted by Gasteiger charge is -2.22. The van der Waals surface area contributed by atoms with Crippen molar-refractivity contribution in [3.8, 4) is 0 Å².